The molecule has 1 amide bonds. The van der Waals surface area contributed by atoms with Gasteiger partial charge in [0.2, 0.25) is 0 Å². The maximum absolute atomic E-state index is 13.7. The van der Waals surface area contributed by atoms with Crippen molar-refractivity contribution in [2.45, 2.75) is 79.4 Å². The highest BCUT2D eigenvalue weighted by Crippen LogP contribution is 2.41. The fourth-order valence-corrected chi connectivity index (χ4v) is 4.03. The molecule has 0 bridgehead atoms. The summed E-state index contributed by atoms with van der Waals surface area (Å²) in [6.07, 6.45) is 4.34. The van der Waals surface area contributed by atoms with Gasteiger partial charge in [0.25, 0.3) is 5.91 Å². The summed E-state index contributed by atoms with van der Waals surface area (Å²) < 4.78 is 3.88. The van der Waals surface area contributed by atoms with Crippen molar-refractivity contribution < 1.29 is 4.79 Å². The van der Waals surface area contributed by atoms with Crippen molar-refractivity contribution in [1.82, 2.24) is 29.4 Å². The average molecular weight is 409 g/mol. The second-order valence-electron chi connectivity index (χ2n) is 8.61. The molecule has 1 aliphatic rings. The van der Waals surface area contributed by atoms with Crippen molar-refractivity contribution in [1.29, 1.82) is 0 Å². The Morgan fingerprint density at radius 2 is 1.93 bits per heavy atom. The van der Waals surface area contributed by atoms with E-state index in [-0.39, 0.29) is 11.9 Å². The van der Waals surface area contributed by atoms with Crippen LogP contribution in [0, 0.1) is 13.8 Å². The van der Waals surface area contributed by atoms with Gasteiger partial charge in [0.1, 0.15) is 0 Å². The molecule has 1 aliphatic carbocycles. The monoisotopic (exact) mass is 408 g/mol. The van der Waals surface area contributed by atoms with Gasteiger partial charge in [-0.25, -0.2) is 9.67 Å². The molecule has 3 heterocycles. The number of aromatic nitrogens is 5. The van der Waals surface area contributed by atoms with E-state index in [1.54, 1.807) is 0 Å². The highest BCUT2D eigenvalue weighted by atomic mass is 16.2. The predicted octanol–water partition coefficient (Wildman–Crippen LogP) is 4.39. The zero-order valence-corrected chi connectivity index (χ0v) is 18.9. The minimum Gasteiger partial charge on any atom is -0.334 e. The largest absolute Gasteiger partial charge is 0.334 e. The van der Waals surface area contributed by atoms with Crippen LogP contribution in [0.1, 0.15) is 85.5 Å². The van der Waals surface area contributed by atoms with Gasteiger partial charge in [-0.05, 0) is 60.5 Å². The van der Waals surface area contributed by atoms with Crippen LogP contribution in [0.25, 0.3) is 11.0 Å². The van der Waals surface area contributed by atoms with Crippen LogP contribution in [0.3, 0.4) is 0 Å². The van der Waals surface area contributed by atoms with Crippen LogP contribution < -0.4 is 0 Å². The van der Waals surface area contributed by atoms with Crippen molar-refractivity contribution in [2.24, 2.45) is 0 Å². The third kappa shape index (κ3) is 3.61. The summed E-state index contributed by atoms with van der Waals surface area (Å²) in [5.41, 5.74) is 5.52. The Morgan fingerprint density at radius 1 is 1.20 bits per heavy atom. The molecule has 0 atom stereocenters. The van der Waals surface area contributed by atoms with E-state index < -0.39 is 0 Å². The second-order valence-corrected chi connectivity index (χ2v) is 8.61. The highest BCUT2D eigenvalue weighted by Gasteiger charge is 2.30. The smallest absolute Gasteiger partial charge is 0.255 e. The van der Waals surface area contributed by atoms with Gasteiger partial charge in [0.15, 0.2) is 5.65 Å². The van der Waals surface area contributed by atoms with Crippen molar-refractivity contribution in [3.05, 3.63) is 40.5 Å². The first-order chi connectivity index (χ1) is 14.3. The van der Waals surface area contributed by atoms with Gasteiger partial charge in [-0.15, -0.1) is 0 Å². The summed E-state index contributed by atoms with van der Waals surface area (Å²) >= 11 is 0. The molecule has 7 nitrogen and oxygen atoms in total. The zero-order valence-electron chi connectivity index (χ0n) is 18.9. The summed E-state index contributed by atoms with van der Waals surface area (Å²) in [6.45, 7) is 14.3. The van der Waals surface area contributed by atoms with E-state index in [0.717, 1.165) is 58.6 Å². The first-order valence-electron chi connectivity index (χ1n) is 11.1. The Hall–Kier alpha value is -2.70. The number of pyridine rings is 1. The van der Waals surface area contributed by atoms with Crippen molar-refractivity contribution >= 4 is 16.9 Å². The van der Waals surface area contributed by atoms with Crippen LogP contribution in [0.15, 0.2) is 12.3 Å². The molecule has 0 saturated heterocycles. The van der Waals surface area contributed by atoms with E-state index in [2.05, 4.69) is 25.9 Å². The molecule has 0 spiro atoms. The zero-order chi connectivity index (χ0) is 21.6. The Bertz CT molecular complexity index is 1090. The lowest BCUT2D eigenvalue weighted by atomic mass is 10.1. The topological polar surface area (TPSA) is 68.8 Å². The average Bonchev–Trinajstić information content (AvgIpc) is 3.44. The number of fused-ring (bicyclic) bond motifs is 1. The van der Waals surface area contributed by atoms with E-state index in [9.17, 15) is 4.79 Å². The lowest BCUT2D eigenvalue weighted by Crippen LogP contribution is -2.31. The molecule has 30 heavy (non-hydrogen) atoms. The van der Waals surface area contributed by atoms with E-state index in [1.807, 2.05) is 47.3 Å². The summed E-state index contributed by atoms with van der Waals surface area (Å²) in [4.78, 5) is 20.6. The molecular formula is C23H32N6O. The molecule has 1 fully saturated rings. The molecule has 7 heteroatoms. The molecule has 0 aromatic carbocycles. The second kappa shape index (κ2) is 7.85. The normalized spacial score (nSPS) is 14.1. The number of rotatable bonds is 7. The quantitative estimate of drug-likeness (QED) is 0.582. The molecule has 0 N–H and O–H groups in total. The Balaban J connectivity index is 1.78. The number of hydrogen-bond acceptors (Lipinski definition) is 4. The Morgan fingerprint density at radius 3 is 2.50 bits per heavy atom. The van der Waals surface area contributed by atoms with E-state index in [0.29, 0.717) is 19.0 Å². The van der Waals surface area contributed by atoms with Crippen LogP contribution in [-0.4, -0.2) is 41.9 Å². The van der Waals surface area contributed by atoms with Gasteiger partial charge in [-0.2, -0.15) is 10.2 Å². The molecule has 0 aliphatic heterocycles. The van der Waals surface area contributed by atoms with Gasteiger partial charge in [0.05, 0.1) is 22.3 Å². The highest BCUT2D eigenvalue weighted by molar-refractivity contribution is 6.06. The lowest BCUT2D eigenvalue weighted by molar-refractivity contribution is 0.0754. The van der Waals surface area contributed by atoms with Crippen LogP contribution in [0.4, 0.5) is 0 Å². The SMILES string of the molecule is CCN(Cc1cn(CC)nc1C)C(=O)c1cc(C2CC2)nc2c1c(C)nn2C(C)C. The van der Waals surface area contributed by atoms with Gasteiger partial charge in [-0.1, -0.05) is 0 Å². The summed E-state index contributed by atoms with van der Waals surface area (Å²) in [6, 6.07) is 2.21. The van der Waals surface area contributed by atoms with Crippen LogP contribution in [-0.2, 0) is 13.1 Å². The minimum absolute atomic E-state index is 0.0434. The van der Waals surface area contributed by atoms with E-state index >= 15 is 0 Å². The third-order valence-electron chi connectivity index (χ3n) is 5.97. The maximum atomic E-state index is 13.7. The molecule has 160 valence electrons. The molecular weight excluding hydrogens is 376 g/mol. The Labute approximate surface area is 178 Å². The summed E-state index contributed by atoms with van der Waals surface area (Å²) in [7, 11) is 0. The van der Waals surface area contributed by atoms with Crippen molar-refractivity contribution in [3.63, 3.8) is 0 Å². The predicted molar refractivity (Wildman–Crippen MR) is 118 cm³/mol. The molecule has 4 rings (SSSR count). The number of nitrogens with zero attached hydrogens (tertiary/aromatic N) is 6. The van der Waals surface area contributed by atoms with Crippen LogP contribution >= 0.6 is 0 Å². The number of aryl methyl sites for hydroxylation is 3. The van der Waals surface area contributed by atoms with Crippen LogP contribution in [0.2, 0.25) is 0 Å². The molecule has 3 aromatic heterocycles. The van der Waals surface area contributed by atoms with Gasteiger partial charge < -0.3 is 4.90 Å². The molecule has 0 radical (unpaired) electrons. The first kappa shape index (κ1) is 20.6. The fraction of sp³-hybridized carbons (Fsp3) is 0.565. The maximum Gasteiger partial charge on any atom is 0.255 e. The molecule has 0 unspecified atom stereocenters. The summed E-state index contributed by atoms with van der Waals surface area (Å²) in [5, 5.41) is 10.1. The molecule has 1 saturated carbocycles. The van der Waals surface area contributed by atoms with Gasteiger partial charge >= 0.3 is 0 Å². The van der Waals surface area contributed by atoms with Crippen molar-refractivity contribution in [3.8, 4) is 0 Å². The number of hydrogen-bond donors (Lipinski definition) is 0. The Kier molecular flexibility index (Phi) is 5.38. The van der Waals surface area contributed by atoms with E-state index in [1.165, 1.54) is 0 Å². The number of amides is 1. The molecule has 3 aromatic rings. The first-order valence-corrected chi connectivity index (χ1v) is 11.1. The number of carbonyl (C=O) groups is 1. The standard InChI is InChI=1S/C23H32N6O/c1-7-27(12-18-13-28(8-2)25-15(18)5)23(30)19-11-20(17-9-10-17)24-22-21(19)16(6)26-29(22)14(3)4/h11,13-14,17H,7-10,12H2,1-6H3. The lowest BCUT2D eigenvalue weighted by Gasteiger charge is -2.21. The number of carbonyl (C=O) groups excluding carboxylic acids is 1. The third-order valence-corrected chi connectivity index (χ3v) is 5.97. The van der Waals surface area contributed by atoms with E-state index in [4.69, 9.17) is 10.1 Å². The van der Waals surface area contributed by atoms with Crippen LogP contribution in [0.5, 0.6) is 0 Å². The fourth-order valence-electron chi connectivity index (χ4n) is 4.03. The summed E-state index contributed by atoms with van der Waals surface area (Å²) in [5.74, 6) is 0.513. The van der Waals surface area contributed by atoms with Crippen molar-refractivity contribution in [2.75, 3.05) is 6.54 Å². The van der Waals surface area contributed by atoms with Gasteiger partial charge in [-0.3, -0.25) is 9.48 Å². The minimum atomic E-state index is 0.0434. The van der Waals surface area contributed by atoms with Gasteiger partial charge in [0, 0.05) is 49.0 Å².